The summed E-state index contributed by atoms with van der Waals surface area (Å²) in [6, 6.07) is 0. The normalized spacial score (nSPS) is 11.0. The standard InChI is InChI=1S/C12H14O7/c1-5(13)9(6(2)14)10(17)12(7(3)15,8(4)16)11(18)19/h9H,1-4H3,(H,18,19). The van der Waals surface area contributed by atoms with Gasteiger partial charge in [-0.25, -0.2) is 0 Å². The molecule has 19 heavy (non-hydrogen) atoms. The molecular formula is C12H14O7. The minimum Gasteiger partial charge on any atom is -0.480 e. The molecule has 0 bridgehead atoms. The fourth-order valence-corrected chi connectivity index (χ4v) is 1.87. The maximum Gasteiger partial charge on any atom is 0.332 e. The summed E-state index contributed by atoms with van der Waals surface area (Å²) in [6.45, 7) is 3.34. The topological polar surface area (TPSA) is 123 Å². The van der Waals surface area contributed by atoms with E-state index in [4.69, 9.17) is 5.11 Å². The molecule has 0 aliphatic rings. The van der Waals surface area contributed by atoms with E-state index in [1.165, 1.54) is 0 Å². The van der Waals surface area contributed by atoms with Crippen molar-refractivity contribution in [3.05, 3.63) is 0 Å². The minimum absolute atomic E-state index is 0.755. The van der Waals surface area contributed by atoms with Crippen LogP contribution in [0.1, 0.15) is 27.7 Å². The smallest absolute Gasteiger partial charge is 0.332 e. The van der Waals surface area contributed by atoms with Crippen molar-refractivity contribution >= 4 is 34.9 Å². The van der Waals surface area contributed by atoms with Gasteiger partial charge >= 0.3 is 5.97 Å². The van der Waals surface area contributed by atoms with Crippen molar-refractivity contribution in [1.29, 1.82) is 0 Å². The molecule has 0 heterocycles. The number of carbonyl (C=O) groups excluding carboxylic acids is 5. The van der Waals surface area contributed by atoms with Crippen LogP contribution >= 0.6 is 0 Å². The molecule has 7 heteroatoms. The van der Waals surface area contributed by atoms with E-state index in [9.17, 15) is 28.8 Å². The van der Waals surface area contributed by atoms with Crippen molar-refractivity contribution in [2.45, 2.75) is 27.7 Å². The number of aliphatic carboxylic acids is 1. The molecule has 0 amide bonds. The van der Waals surface area contributed by atoms with Crippen LogP contribution in [-0.2, 0) is 28.8 Å². The molecule has 0 rings (SSSR count). The SMILES string of the molecule is CC(=O)C(C(C)=O)C(=O)C(C(C)=O)(C(C)=O)C(=O)O. The Labute approximate surface area is 109 Å². The van der Waals surface area contributed by atoms with Crippen LogP contribution in [0.15, 0.2) is 0 Å². The second kappa shape index (κ2) is 5.64. The molecule has 0 saturated heterocycles. The molecule has 0 aliphatic heterocycles. The molecule has 7 nitrogen and oxygen atoms in total. The maximum atomic E-state index is 12.1. The van der Waals surface area contributed by atoms with Crippen LogP contribution in [0.25, 0.3) is 0 Å². The first-order valence-corrected chi connectivity index (χ1v) is 5.31. The zero-order valence-electron chi connectivity index (χ0n) is 11.0. The third kappa shape index (κ3) is 2.64. The first-order valence-electron chi connectivity index (χ1n) is 5.31. The van der Waals surface area contributed by atoms with Gasteiger partial charge in [-0.15, -0.1) is 0 Å². The zero-order valence-corrected chi connectivity index (χ0v) is 11.0. The lowest BCUT2D eigenvalue weighted by Gasteiger charge is -2.24. The van der Waals surface area contributed by atoms with Crippen LogP contribution in [0.4, 0.5) is 0 Å². The van der Waals surface area contributed by atoms with Gasteiger partial charge in [-0.3, -0.25) is 28.8 Å². The number of carboxylic acid groups (broad SMARTS) is 1. The summed E-state index contributed by atoms with van der Waals surface area (Å²) in [7, 11) is 0. The predicted molar refractivity (Wildman–Crippen MR) is 61.3 cm³/mol. The van der Waals surface area contributed by atoms with Crippen LogP contribution in [0, 0.1) is 11.3 Å². The van der Waals surface area contributed by atoms with Crippen LogP contribution in [-0.4, -0.2) is 40.0 Å². The van der Waals surface area contributed by atoms with Gasteiger partial charge in [0.2, 0.25) is 5.41 Å². The fraction of sp³-hybridized carbons (Fsp3) is 0.500. The van der Waals surface area contributed by atoms with E-state index < -0.39 is 46.2 Å². The second-order valence-corrected chi connectivity index (χ2v) is 4.19. The molecule has 0 unspecified atom stereocenters. The first kappa shape index (κ1) is 16.8. The van der Waals surface area contributed by atoms with Gasteiger partial charge in [-0.1, -0.05) is 0 Å². The Kier molecular flexibility index (Phi) is 4.99. The van der Waals surface area contributed by atoms with Crippen molar-refractivity contribution in [3.8, 4) is 0 Å². The molecule has 0 radical (unpaired) electrons. The lowest BCUT2D eigenvalue weighted by molar-refractivity contribution is -0.164. The van der Waals surface area contributed by atoms with Crippen molar-refractivity contribution in [2.24, 2.45) is 11.3 Å². The third-order valence-corrected chi connectivity index (χ3v) is 2.82. The van der Waals surface area contributed by atoms with Crippen molar-refractivity contribution in [1.82, 2.24) is 0 Å². The van der Waals surface area contributed by atoms with Crippen molar-refractivity contribution in [2.75, 3.05) is 0 Å². The Bertz CT molecular complexity index is 436. The maximum absolute atomic E-state index is 12.1. The number of carbonyl (C=O) groups is 6. The number of carboxylic acids is 1. The van der Waals surface area contributed by atoms with Crippen LogP contribution in [0.2, 0.25) is 0 Å². The fourth-order valence-electron chi connectivity index (χ4n) is 1.87. The lowest BCUT2D eigenvalue weighted by Crippen LogP contribution is -2.55. The average Bonchev–Trinajstić information content (AvgIpc) is 2.13. The number of hydrogen-bond acceptors (Lipinski definition) is 6. The summed E-state index contributed by atoms with van der Waals surface area (Å²) in [4.78, 5) is 68.9. The highest BCUT2D eigenvalue weighted by Crippen LogP contribution is 2.27. The predicted octanol–water partition coefficient (Wildman–Crippen LogP) is -0.401. The average molecular weight is 270 g/mol. The first-order chi connectivity index (χ1) is 8.51. The third-order valence-electron chi connectivity index (χ3n) is 2.82. The monoisotopic (exact) mass is 270 g/mol. The molecule has 0 aromatic carbocycles. The Morgan fingerprint density at radius 3 is 1.26 bits per heavy atom. The highest BCUT2D eigenvalue weighted by molar-refractivity contribution is 6.41. The Balaban J connectivity index is 6.18. The molecule has 0 aliphatic carbocycles. The van der Waals surface area contributed by atoms with Gasteiger partial charge in [0.25, 0.3) is 0 Å². The zero-order chi connectivity index (χ0) is 15.5. The van der Waals surface area contributed by atoms with E-state index in [2.05, 4.69) is 0 Å². The minimum atomic E-state index is -3.00. The van der Waals surface area contributed by atoms with Crippen LogP contribution in [0.3, 0.4) is 0 Å². The van der Waals surface area contributed by atoms with Crippen LogP contribution < -0.4 is 0 Å². The molecule has 0 atom stereocenters. The van der Waals surface area contributed by atoms with E-state index in [1.807, 2.05) is 0 Å². The molecule has 104 valence electrons. The quantitative estimate of drug-likeness (QED) is 0.624. The van der Waals surface area contributed by atoms with Gasteiger partial charge in [0.15, 0.2) is 17.3 Å². The van der Waals surface area contributed by atoms with Gasteiger partial charge in [0, 0.05) is 0 Å². The van der Waals surface area contributed by atoms with Gasteiger partial charge < -0.3 is 5.11 Å². The summed E-state index contributed by atoms with van der Waals surface area (Å²) < 4.78 is 0. The molecule has 0 saturated carbocycles. The Hall–Kier alpha value is -2.18. The molecule has 0 fully saturated rings. The highest BCUT2D eigenvalue weighted by atomic mass is 16.4. The number of rotatable bonds is 7. The largest absolute Gasteiger partial charge is 0.480 e. The lowest BCUT2D eigenvalue weighted by atomic mass is 9.70. The molecule has 1 N–H and O–H groups in total. The van der Waals surface area contributed by atoms with Crippen LogP contribution in [0.5, 0.6) is 0 Å². The van der Waals surface area contributed by atoms with E-state index in [0.717, 1.165) is 27.7 Å². The van der Waals surface area contributed by atoms with E-state index >= 15 is 0 Å². The Morgan fingerprint density at radius 1 is 0.789 bits per heavy atom. The summed E-state index contributed by atoms with van der Waals surface area (Å²) >= 11 is 0. The van der Waals surface area contributed by atoms with E-state index in [-0.39, 0.29) is 0 Å². The van der Waals surface area contributed by atoms with Gasteiger partial charge in [-0.05, 0) is 27.7 Å². The number of hydrogen-bond donors (Lipinski definition) is 1. The molecule has 0 aromatic heterocycles. The summed E-state index contributed by atoms with van der Waals surface area (Å²) in [5, 5.41) is 9.06. The summed E-state index contributed by atoms with van der Waals surface area (Å²) in [5.41, 5.74) is -3.00. The van der Waals surface area contributed by atoms with Gasteiger partial charge in [0.1, 0.15) is 17.5 Å². The highest BCUT2D eigenvalue weighted by Gasteiger charge is 2.58. The Morgan fingerprint density at radius 2 is 1.11 bits per heavy atom. The van der Waals surface area contributed by atoms with E-state index in [0.29, 0.717) is 0 Å². The number of ketones is 5. The number of Topliss-reactive ketones (excluding diaryl/α,β-unsaturated/α-hetero) is 5. The second-order valence-electron chi connectivity index (χ2n) is 4.19. The summed E-state index contributed by atoms with van der Waals surface area (Å²) in [6.07, 6.45) is 0. The van der Waals surface area contributed by atoms with Gasteiger partial charge in [0.05, 0.1) is 0 Å². The molecule has 0 spiro atoms. The van der Waals surface area contributed by atoms with E-state index in [1.54, 1.807) is 0 Å². The molecular weight excluding hydrogens is 256 g/mol. The molecule has 0 aromatic rings. The van der Waals surface area contributed by atoms with Crippen molar-refractivity contribution in [3.63, 3.8) is 0 Å². The van der Waals surface area contributed by atoms with Crippen molar-refractivity contribution < 1.29 is 33.9 Å². The summed E-state index contributed by atoms with van der Waals surface area (Å²) in [5.74, 6) is -9.69. The van der Waals surface area contributed by atoms with Gasteiger partial charge in [-0.2, -0.15) is 0 Å².